The van der Waals surface area contributed by atoms with Gasteiger partial charge in [-0.3, -0.25) is 9.69 Å². The van der Waals surface area contributed by atoms with E-state index in [0.29, 0.717) is 18.2 Å². The molecule has 0 aliphatic rings. The van der Waals surface area contributed by atoms with Gasteiger partial charge in [-0.25, -0.2) is 13.8 Å². The van der Waals surface area contributed by atoms with E-state index < -0.39 is 17.5 Å². The molecule has 0 saturated heterocycles. The van der Waals surface area contributed by atoms with E-state index >= 15 is 0 Å². The van der Waals surface area contributed by atoms with E-state index in [0.717, 1.165) is 22.3 Å². The van der Waals surface area contributed by atoms with Gasteiger partial charge in [0.1, 0.15) is 0 Å². The number of hydrogen-bond donors (Lipinski definition) is 0. The highest BCUT2D eigenvalue weighted by atomic mass is 32.1. The summed E-state index contributed by atoms with van der Waals surface area (Å²) >= 11 is 1.40. The van der Waals surface area contributed by atoms with E-state index in [1.165, 1.54) is 22.3 Å². The van der Waals surface area contributed by atoms with E-state index in [1.54, 1.807) is 0 Å². The second kappa shape index (κ2) is 7.25. The maximum Gasteiger partial charge on any atom is 0.260 e. The molecule has 4 nitrogen and oxygen atoms in total. The average Bonchev–Trinajstić information content (AvgIpc) is 3.00. The molecule has 130 valence electrons. The molecule has 0 fully saturated rings. The van der Waals surface area contributed by atoms with Crippen molar-refractivity contribution < 1.29 is 13.6 Å². The van der Waals surface area contributed by atoms with Gasteiger partial charge in [0.25, 0.3) is 5.91 Å². The first-order chi connectivity index (χ1) is 12.0. The lowest BCUT2D eigenvalue weighted by Gasteiger charge is -2.22. The Kier molecular flexibility index (Phi) is 5.06. The second-order valence-electron chi connectivity index (χ2n) is 5.85. The molecule has 0 spiro atoms. The summed E-state index contributed by atoms with van der Waals surface area (Å²) < 4.78 is 27.6. The molecular formula is C18H17F2N3OS. The van der Waals surface area contributed by atoms with Crippen LogP contribution in [0.3, 0.4) is 0 Å². The summed E-state index contributed by atoms with van der Waals surface area (Å²) in [5.41, 5.74) is 0.896. The molecule has 0 aliphatic carbocycles. The van der Waals surface area contributed by atoms with Gasteiger partial charge in [-0.2, -0.15) is 0 Å². The molecule has 25 heavy (non-hydrogen) atoms. The van der Waals surface area contributed by atoms with Crippen LogP contribution in [0.1, 0.15) is 10.4 Å². The first-order valence-corrected chi connectivity index (χ1v) is 8.54. The van der Waals surface area contributed by atoms with Crippen molar-refractivity contribution in [3.8, 4) is 0 Å². The number of likely N-dealkylation sites (N-methyl/N-ethyl adjacent to an activating group) is 1. The molecule has 2 aromatic carbocycles. The van der Waals surface area contributed by atoms with E-state index in [-0.39, 0.29) is 5.56 Å². The first kappa shape index (κ1) is 17.4. The Balaban J connectivity index is 1.98. The van der Waals surface area contributed by atoms with Gasteiger partial charge in [-0.05, 0) is 44.4 Å². The lowest BCUT2D eigenvalue weighted by atomic mass is 10.2. The molecule has 0 unspecified atom stereocenters. The summed E-state index contributed by atoms with van der Waals surface area (Å²) in [5.74, 6) is -2.42. The number of para-hydroxylation sites is 1. The standard InChI is InChI=1S/C18H17F2N3OS/c1-22(2)9-10-23(17(24)12-7-8-13(19)14(20)11-12)18-21-15-5-3-4-6-16(15)25-18/h3-8,11H,9-10H2,1-2H3. The monoisotopic (exact) mass is 361 g/mol. The number of aromatic nitrogens is 1. The molecule has 0 atom stereocenters. The van der Waals surface area contributed by atoms with Gasteiger partial charge in [-0.1, -0.05) is 23.5 Å². The summed E-state index contributed by atoms with van der Waals surface area (Å²) in [6, 6.07) is 10.8. The van der Waals surface area contributed by atoms with Gasteiger partial charge in [0.05, 0.1) is 10.2 Å². The Bertz CT molecular complexity index is 877. The molecule has 1 amide bonds. The van der Waals surface area contributed by atoms with Crippen LogP contribution >= 0.6 is 11.3 Å². The van der Waals surface area contributed by atoms with E-state index in [1.807, 2.05) is 43.3 Å². The Morgan fingerprint density at radius 2 is 1.84 bits per heavy atom. The van der Waals surface area contributed by atoms with Gasteiger partial charge in [0.15, 0.2) is 16.8 Å². The summed E-state index contributed by atoms with van der Waals surface area (Å²) in [5, 5.41) is 0.540. The van der Waals surface area contributed by atoms with Crippen LogP contribution in [0.15, 0.2) is 42.5 Å². The predicted octanol–water partition coefficient (Wildman–Crippen LogP) is 3.78. The highest BCUT2D eigenvalue weighted by molar-refractivity contribution is 7.22. The van der Waals surface area contributed by atoms with Gasteiger partial charge < -0.3 is 4.90 Å². The minimum absolute atomic E-state index is 0.0944. The van der Waals surface area contributed by atoms with Crippen LogP contribution in [0.4, 0.5) is 13.9 Å². The van der Waals surface area contributed by atoms with Gasteiger partial charge in [0.2, 0.25) is 0 Å². The van der Waals surface area contributed by atoms with Crippen LogP contribution < -0.4 is 4.90 Å². The van der Waals surface area contributed by atoms with Crippen LogP contribution in [0.5, 0.6) is 0 Å². The number of thiazole rings is 1. The molecular weight excluding hydrogens is 344 g/mol. The lowest BCUT2D eigenvalue weighted by Crippen LogP contribution is -2.36. The molecule has 1 heterocycles. The average molecular weight is 361 g/mol. The number of nitrogens with zero attached hydrogens (tertiary/aromatic N) is 3. The largest absolute Gasteiger partial charge is 0.308 e. The topological polar surface area (TPSA) is 36.4 Å². The number of fused-ring (bicyclic) bond motifs is 1. The van der Waals surface area contributed by atoms with Crippen molar-refractivity contribution in [1.29, 1.82) is 0 Å². The molecule has 0 radical (unpaired) electrons. The maximum absolute atomic E-state index is 13.5. The van der Waals surface area contributed by atoms with Crippen molar-refractivity contribution in [2.75, 3.05) is 32.1 Å². The zero-order valence-electron chi connectivity index (χ0n) is 13.9. The van der Waals surface area contributed by atoms with E-state index in [4.69, 9.17) is 0 Å². The fourth-order valence-corrected chi connectivity index (χ4v) is 3.33. The van der Waals surface area contributed by atoms with Crippen molar-refractivity contribution >= 4 is 32.6 Å². The van der Waals surface area contributed by atoms with Crippen molar-refractivity contribution in [3.63, 3.8) is 0 Å². The number of rotatable bonds is 5. The zero-order chi connectivity index (χ0) is 18.0. The maximum atomic E-state index is 13.5. The molecule has 0 N–H and O–H groups in total. The normalized spacial score (nSPS) is 11.2. The van der Waals surface area contributed by atoms with Crippen LogP contribution in [0.25, 0.3) is 10.2 Å². The number of amides is 1. The summed E-state index contributed by atoms with van der Waals surface area (Å²) in [4.78, 5) is 20.9. The molecule has 7 heteroatoms. The number of carbonyl (C=O) groups excluding carboxylic acids is 1. The lowest BCUT2D eigenvalue weighted by molar-refractivity contribution is 0.0984. The van der Waals surface area contributed by atoms with E-state index in [2.05, 4.69) is 4.98 Å². The van der Waals surface area contributed by atoms with Gasteiger partial charge >= 0.3 is 0 Å². The molecule has 0 bridgehead atoms. The highest BCUT2D eigenvalue weighted by Gasteiger charge is 2.22. The molecule has 3 aromatic rings. The first-order valence-electron chi connectivity index (χ1n) is 7.73. The quantitative estimate of drug-likeness (QED) is 0.694. The Morgan fingerprint density at radius 1 is 1.08 bits per heavy atom. The predicted molar refractivity (Wildman–Crippen MR) is 96.2 cm³/mol. The summed E-state index contributed by atoms with van der Waals surface area (Å²) in [6.45, 7) is 1.01. The van der Waals surface area contributed by atoms with Crippen molar-refractivity contribution in [3.05, 3.63) is 59.7 Å². The number of hydrogen-bond acceptors (Lipinski definition) is 4. The molecule has 0 saturated carbocycles. The van der Waals surface area contributed by atoms with Gasteiger partial charge in [-0.15, -0.1) is 0 Å². The summed E-state index contributed by atoms with van der Waals surface area (Å²) in [7, 11) is 3.80. The van der Waals surface area contributed by atoms with Crippen LogP contribution in [0, 0.1) is 11.6 Å². The number of benzene rings is 2. The van der Waals surface area contributed by atoms with Gasteiger partial charge in [0, 0.05) is 18.7 Å². The fourth-order valence-electron chi connectivity index (χ4n) is 2.34. The fraction of sp³-hybridized carbons (Fsp3) is 0.222. The molecule has 1 aromatic heterocycles. The van der Waals surface area contributed by atoms with E-state index in [9.17, 15) is 13.6 Å². The number of carbonyl (C=O) groups is 1. The van der Waals surface area contributed by atoms with Crippen molar-refractivity contribution in [2.45, 2.75) is 0 Å². The third-order valence-electron chi connectivity index (χ3n) is 3.70. The Morgan fingerprint density at radius 3 is 2.52 bits per heavy atom. The second-order valence-corrected chi connectivity index (χ2v) is 6.86. The minimum Gasteiger partial charge on any atom is -0.308 e. The van der Waals surface area contributed by atoms with Crippen LogP contribution in [-0.4, -0.2) is 43.0 Å². The Hall–Kier alpha value is -2.38. The Labute approximate surface area is 148 Å². The molecule has 3 rings (SSSR count). The SMILES string of the molecule is CN(C)CCN(C(=O)c1ccc(F)c(F)c1)c1nc2ccccc2s1. The molecule has 0 aliphatic heterocycles. The minimum atomic E-state index is -1.04. The number of anilines is 1. The van der Waals surface area contributed by atoms with Crippen LogP contribution in [0.2, 0.25) is 0 Å². The third-order valence-corrected chi connectivity index (χ3v) is 4.76. The third kappa shape index (κ3) is 3.83. The number of halogens is 2. The van der Waals surface area contributed by atoms with Crippen molar-refractivity contribution in [1.82, 2.24) is 9.88 Å². The van der Waals surface area contributed by atoms with Crippen LogP contribution in [-0.2, 0) is 0 Å². The summed E-state index contributed by atoms with van der Waals surface area (Å²) in [6.07, 6.45) is 0. The highest BCUT2D eigenvalue weighted by Crippen LogP contribution is 2.29. The smallest absolute Gasteiger partial charge is 0.260 e. The zero-order valence-corrected chi connectivity index (χ0v) is 14.7. The van der Waals surface area contributed by atoms with Crippen molar-refractivity contribution in [2.24, 2.45) is 0 Å².